The van der Waals surface area contributed by atoms with Crippen LogP contribution in [0.2, 0.25) is 0 Å². The highest BCUT2D eigenvalue weighted by molar-refractivity contribution is 4.92. The van der Waals surface area contributed by atoms with Crippen LogP contribution in [0.5, 0.6) is 0 Å². The van der Waals surface area contributed by atoms with Gasteiger partial charge in [0.1, 0.15) is 0 Å². The van der Waals surface area contributed by atoms with E-state index in [1.807, 2.05) is 5.48 Å². The molecular formula is C3H8N2O. The molecule has 0 spiro atoms. The zero-order chi connectivity index (χ0) is 4.62. The van der Waals surface area contributed by atoms with Crippen molar-refractivity contribution in [3.05, 3.63) is 0 Å². The molecule has 0 saturated heterocycles. The molecule has 0 aliphatic heterocycles. The highest BCUT2D eigenvalue weighted by Crippen LogP contribution is 2.27. The summed E-state index contributed by atoms with van der Waals surface area (Å²) in [4.78, 5) is 0. The van der Waals surface area contributed by atoms with Crippen LogP contribution in [0.4, 0.5) is 0 Å². The lowest BCUT2D eigenvalue weighted by molar-refractivity contribution is 0.117. The molecule has 0 unspecified atom stereocenters. The number of nitrogens with two attached hydrogens (primary N) is 1. The van der Waals surface area contributed by atoms with Crippen molar-refractivity contribution in [2.24, 2.45) is 5.73 Å². The standard InChI is InChI=1S/C3H8N2O/c4-3(5-6)1-2-3/h5-6H,1-2,4H2. The van der Waals surface area contributed by atoms with Crippen molar-refractivity contribution in [2.45, 2.75) is 18.5 Å². The van der Waals surface area contributed by atoms with Crippen molar-refractivity contribution < 1.29 is 5.21 Å². The van der Waals surface area contributed by atoms with E-state index in [-0.39, 0.29) is 0 Å². The Bertz CT molecular complexity index is 59.8. The summed E-state index contributed by atoms with van der Waals surface area (Å²) in [5, 5.41) is 8.09. The molecule has 0 radical (unpaired) electrons. The topological polar surface area (TPSA) is 58.3 Å². The van der Waals surface area contributed by atoms with Crippen LogP contribution in [0.25, 0.3) is 0 Å². The van der Waals surface area contributed by atoms with Gasteiger partial charge in [0.05, 0.1) is 5.66 Å². The monoisotopic (exact) mass is 88.1 g/mol. The van der Waals surface area contributed by atoms with Crippen molar-refractivity contribution in [2.75, 3.05) is 0 Å². The van der Waals surface area contributed by atoms with E-state index in [0.29, 0.717) is 0 Å². The van der Waals surface area contributed by atoms with Crippen molar-refractivity contribution in [1.29, 1.82) is 0 Å². The minimum Gasteiger partial charge on any atom is -0.315 e. The maximum Gasteiger partial charge on any atom is 0.0897 e. The van der Waals surface area contributed by atoms with Crippen molar-refractivity contribution in [3.8, 4) is 0 Å². The van der Waals surface area contributed by atoms with Gasteiger partial charge in [-0.2, -0.15) is 5.48 Å². The lowest BCUT2D eigenvalue weighted by Gasteiger charge is -2.00. The Kier molecular flexibility index (Phi) is 0.629. The van der Waals surface area contributed by atoms with Crippen LogP contribution in [0.1, 0.15) is 12.8 Å². The average Bonchev–Trinajstić information content (AvgIpc) is 2.22. The number of hydroxylamine groups is 1. The van der Waals surface area contributed by atoms with Gasteiger partial charge < -0.3 is 10.9 Å². The normalized spacial score (nSPS) is 27.0. The van der Waals surface area contributed by atoms with E-state index in [1.54, 1.807) is 0 Å². The molecule has 36 valence electrons. The number of rotatable bonds is 1. The average molecular weight is 88.1 g/mol. The largest absolute Gasteiger partial charge is 0.315 e. The first-order valence-electron chi connectivity index (χ1n) is 1.97. The molecule has 6 heavy (non-hydrogen) atoms. The SMILES string of the molecule is NC1(NO)CC1. The van der Waals surface area contributed by atoms with Crippen molar-refractivity contribution >= 4 is 0 Å². The van der Waals surface area contributed by atoms with E-state index in [1.165, 1.54) is 0 Å². The molecule has 0 aromatic rings. The first-order chi connectivity index (χ1) is 2.77. The quantitative estimate of drug-likeness (QED) is 0.297. The second kappa shape index (κ2) is 0.932. The zero-order valence-corrected chi connectivity index (χ0v) is 3.44. The van der Waals surface area contributed by atoms with Crippen LogP contribution >= 0.6 is 0 Å². The van der Waals surface area contributed by atoms with Gasteiger partial charge >= 0.3 is 0 Å². The van der Waals surface area contributed by atoms with E-state index in [4.69, 9.17) is 10.9 Å². The fourth-order valence-electron chi connectivity index (χ4n) is 0.246. The van der Waals surface area contributed by atoms with Crippen molar-refractivity contribution in [3.63, 3.8) is 0 Å². The first-order valence-corrected chi connectivity index (χ1v) is 1.97. The molecule has 3 heteroatoms. The summed E-state index contributed by atoms with van der Waals surface area (Å²) in [6, 6.07) is 0. The highest BCUT2D eigenvalue weighted by Gasteiger charge is 2.37. The number of hydrogen-bond acceptors (Lipinski definition) is 3. The third-order valence-corrected chi connectivity index (χ3v) is 1.01. The van der Waals surface area contributed by atoms with Crippen LogP contribution in [-0.2, 0) is 0 Å². The molecule has 0 heterocycles. The van der Waals surface area contributed by atoms with Crippen LogP contribution in [-0.4, -0.2) is 10.9 Å². The highest BCUT2D eigenvalue weighted by atomic mass is 16.5. The lowest BCUT2D eigenvalue weighted by atomic mass is 10.6. The molecule has 0 bridgehead atoms. The second-order valence-electron chi connectivity index (χ2n) is 1.77. The molecular weight excluding hydrogens is 80.0 g/mol. The lowest BCUT2D eigenvalue weighted by Crippen LogP contribution is -2.37. The predicted octanol–water partition coefficient (Wildman–Crippen LogP) is -0.586. The van der Waals surface area contributed by atoms with Crippen LogP contribution in [0, 0.1) is 0 Å². The molecule has 4 N–H and O–H groups in total. The molecule has 1 aliphatic carbocycles. The van der Waals surface area contributed by atoms with E-state index >= 15 is 0 Å². The molecule has 0 aromatic heterocycles. The summed E-state index contributed by atoms with van der Waals surface area (Å²) in [5.74, 6) is 0. The van der Waals surface area contributed by atoms with Gasteiger partial charge in [-0.15, -0.1) is 0 Å². The van der Waals surface area contributed by atoms with Gasteiger partial charge in [0, 0.05) is 0 Å². The minimum atomic E-state index is -0.403. The van der Waals surface area contributed by atoms with Crippen LogP contribution in [0.3, 0.4) is 0 Å². The van der Waals surface area contributed by atoms with Gasteiger partial charge in [0.25, 0.3) is 0 Å². The van der Waals surface area contributed by atoms with Crippen molar-refractivity contribution in [1.82, 2.24) is 5.48 Å². The number of hydrogen-bond donors (Lipinski definition) is 3. The maximum absolute atomic E-state index is 8.09. The molecule has 1 saturated carbocycles. The minimum absolute atomic E-state index is 0.403. The van der Waals surface area contributed by atoms with Gasteiger partial charge in [-0.3, -0.25) is 0 Å². The molecule has 0 amide bonds. The Balaban J connectivity index is 2.28. The van der Waals surface area contributed by atoms with E-state index in [9.17, 15) is 0 Å². The van der Waals surface area contributed by atoms with Gasteiger partial charge in [-0.1, -0.05) is 0 Å². The van der Waals surface area contributed by atoms with Crippen LogP contribution in [0.15, 0.2) is 0 Å². The summed E-state index contributed by atoms with van der Waals surface area (Å²) in [7, 11) is 0. The smallest absolute Gasteiger partial charge is 0.0897 e. The second-order valence-corrected chi connectivity index (χ2v) is 1.77. The maximum atomic E-state index is 8.09. The molecule has 3 nitrogen and oxygen atoms in total. The summed E-state index contributed by atoms with van der Waals surface area (Å²) in [6.07, 6.45) is 1.78. The summed E-state index contributed by atoms with van der Waals surface area (Å²) in [5.41, 5.74) is 6.88. The van der Waals surface area contributed by atoms with Gasteiger partial charge in [0.15, 0.2) is 0 Å². The third kappa shape index (κ3) is 0.518. The Morgan fingerprint density at radius 2 is 2.17 bits per heavy atom. The van der Waals surface area contributed by atoms with E-state index in [2.05, 4.69) is 0 Å². The Hall–Kier alpha value is -0.120. The predicted molar refractivity (Wildman–Crippen MR) is 21.1 cm³/mol. The summed E-state index contributed by atoms with van der Waals surface area (Å²) < 4.78 is 0. The Morgan fingerprint density at radius 1 is 1.67 bits per heavy atom. The summed E-state index contributed by atoms with van der Waals surface area (Å²) >= 11 is 0. The Labute approximate surface area is 36.1 Å². The number of nitrogens with one attached hydrogen (secondary N) is 1. The zero-order valence-electron chi connectivity index (χ0n) is 3.44. The molecule has 1 aliphatic rings. The molecule has 1 rings (SSSR count). The third-order valence-electron chi connectivity index (χ3n) is 1.01. The first kappa shape index (κ1) is 4.05. The van der Waals surface area contributed by atoms with E-state index in [0.717, 1.165) is 12.8 Å². The van der Waals surface area contributed by atoms with E-state index < -0.39 is 5.66 Å². The summed E-state index contributed by atoms with van der Waals surface area (Å²) in [6.45, 7) is 0. The fourth-order valence-corrected chi connectivity index (χ4v) is 0.246. The van der Waals surface area contributed by atoms with Crippen LogP contribution < -0.4 is 11.2 Å². The molecule has 1 fully saturated rings. The Morgan fingerprint density at radius 3 is 2.17 bits per heavy atom. The van der Waals surface area contributed by atoms with Gasteiger partial charge in [-0.25, -0.2) is 0 Å². The molecule has 0 atom stereocenters. The van der Waals surface area contributed by atoms with Gasteiger partial charge in [0.2, 0.25) is 0 Å². The molecule has 0 aromatic carbocycles. The van der Waals surface area contributed by atoms with Gasteiger partial charge in [-0.05, 0) is 12.8 Å². The fraction of sp³-hybridized carbons (Fsp3) is 1.00.